The number of carbonyl (C=O) groups is 1. The van der Waals surface area contributed by atoms with Gasteiger partial charge in [0.2, 0.25) is 5.91 Å². The highest BCUT2D eigenvalue weighted by molar-refractivity contribution is 5.76. The molecule has 7 heteroatoms. The van der Waals surface area contributed by atoms with Crippen molar-refractivity contribution in [2.24, 2.45) is 0 Å². The zero-order chi connectivity index (χ0) is 17.6. The van der Waals surface area contributed by atoms with E-state index in [-0.39, 0.29) is 18.0 Å². The van der Waals surface area contributed by atoms with Gasteiger partial charge < -0.3 is 19.7 Å². The predicted molar refractivity (Wildman–Crippen MR) is 94.2 cm³/mol. The topological polar surface area (TPSA) is 79.6 Å². The molecule has 1 aliphatic heterocycles. The van der Waals surface area contributed by atoms with E-state index < -0.39 is 6.10 Å². The summed E-state index contributed by atoms with van der Waals surface area (Å²) in [6.45, 7) is 5.87. The van der Waals surface area contributed by atoms with Crippen LogP contribution in [0, 0.1) is 0 Å². The van der Waals surface area contributed by atoms with Gasteiger partial charge in [-0.15, -0.1) is 0 Å². The molecule has 0 radical (unpaired) electrons. The van der Waals surface area contributed by atoms with Crippen LogP contribution in [0.25, 0.3) is 0 Å². The third-order valence-corrected chi connectivity index (χ3v) is 5.38. The SMILES string of the molecule is CCc1nccn1CCC(=O)N[C@@H]1CCC[C@@H](N2CCOCC2)[C@@H]1O. The third kappa shape index (κ3) is 4.59. The van der Waals surface area contributed by atoms with Crippen molar-refractivity contribution in [3.63, 3.8) is 0 Å². The van der Waals surface area contributed by atoms with Crippen LogP contribution < -0.4 is 5.32 Å². The molecule has 0 aromatic carbocycles. The van der Waals surface area contributed by atoms with Crippen LogP contribution in [0.15, 0.2) is 12.4 Å². The molecule has 1 aromatic rings. The molecule has 140 valence electrons. The van der Waals surface area contributed by atoms with Gasteiger partial charge in [0.05, 0.1) is 25.4 Å². The van der Waals surface area contributed by atoms with E-state index in [1.807, 2.05) is 10.8 Å². The normalized spacial score (nSPS) is 28.0. The number of aliphatic hydroxyl groups is 1. The number of nitrogens with one attached hydrogen (secondary N) is 1. The van der Waals surface area contributed by atoms with Crippen LogP contribution in [0.5, 0.6) is 0 Å². The maximum absolute atomic E-state index is 12.3. The van der Waals surface area contributed by atoms with E-state index in [4.69, 9.17) is 4.74 Å². The monoisotopic (exact) mass is 350 g/mol. The number of aliphatic hydroxyl groups excluding tert-OH is 1. The lowest BCUT2D eigenvalue weighted by molar-refractivity contribution is -0.124. The number of aromatic nitrogens is 2. The Hall–Kier alpha value is -1.44. The van der Waals surface area contributed by atoms with E-state index in [1.54, 1.807) is 6.20 Å². The number of rotatable bonds is 6. The van der Waals surface area contributed by atoms with Crippen molar-refractivity contribution in [2.45, 2.75) is 63.8 Å². The Morgan fingerprint density at radius 1 is 1.40 bits per heavy atom. The minimum Gasteiger partial charge on any atom is -0.389 e. The fraction of sp³-hybridized carbons (Fsp3) is 0.778. The molecular formula is C18H30N4O3. The van der Waals surface area contributed by atoms with Gasteiger partial charge >= 0.3 is 0 Å². The molecule has 1 saturated heterocycles. The fourth-order valence-electron chi connectivity index (χ4n) is 3.98. The maximum Gasteiger partial charge on any atom is 0.222 e. The van der Waals surface area contributed by atoms with E-state index in [2.05, 4.69) is 22.1 Å². The molecule has 3 atom stereocenters. The van der Waals surface area contributed by atoms with Gasteiger partial charge in [-0.2, -0.15) is 0 Å². The number of morpholine rings is 1. The largest absolute Gasteiger partial charge is 0.389 e. The fourth-order valence-corrected chi connectivity index (χ4v) is 3.98. The lowest BCUT2D eigenvalue weighted by Crippen LogP contribution is -2.58. The van der Waals surface area contributed by atoms with Crippen molar-refractivity contribution in [2.75, 3.05) is 26.3 Å². The summed E-state index contributed by atoms with van der Waals surface area (Å²) in [6, 6.07) is -0.0224. The first-order valence-corrected chi connectivity index (χ1v) is 9.48. The molecule has 0 unspecified atom stereocenters. The summed E-state index contributed by atoms with van der Waals surface area (Å²) >= 11 is 0. The second-order valence-corrected chi connectivity index (χ2v) is 6.95. The first kappa shape index (κ1) is 18.4. The minimum absolute atomic E-state index is 0.00225. The van der Waals surface area contributed by atoms with E-state index >= 15 is 0 Å². The number of hydrogen-bond donors (Lipinski definition) is 2. The van der Waals surface area contributed by atoms with Crippen LogP contribution in [0.1, 0.15) is 38.4 Å². The molecule has 25 heavy (non-hydrogen) atoms. The Kier molecular flexibility index (Phi) is 6.45. The zero-order valence-electron chi connectivity index (χ0n) is 15.1. The Labute approximate surface area is 149 Å². The number of nitrogens with zero attached hydrogens (tertiary/aromatic N) is 3. The third-order valence-electron chi connectivity index (χ3n) is 5.38. The number of amides is 1. The van der Waals surface area contributed by atoms with Crippen LogP contribution >= 0.6 is 0 Å². The second kappa shape index (κ2) is 8.78. The Bertz CT molecular complexity index is 556. The molecule has 1 saturated carbocycles. The molecule has 0 bridgehead atoms. The minimum atomic E-state index is -0.504. The lowest BCUT2D eigenvalue weighted by Gasteiger charge is -2.43. The second-order valence-electron chi connectivity index (χ2n) is 6.95. The standard InChI is InChI=1S/C18H30N4O3/c1-2-16-19-7-9-22(16)8-6-17(23)20-14-4-3-5-15(18(14)24)21-10-12-25-13-11-21/h7,9,14-15,18,24H,2-6,8,10-13H2,1H3,(H,20,23)/t14-,15-,18-/m1/s1. The summed E-state index contributed by atoms with van der Waals surface area (Å²) in [7, 11) is 0. The van der Waals surface area contributed by atoms with Gasteiger partial charge in [0.1, 0.15) is 5.82 Å². The number of imidazole rings is 1. The van der Waals surface area contributed by atoms with Crippen LogP contribution in [0.3, 0.4) is 0 Å². The highest BCUT2D eigenvalue weighted by atomic mass is 16.5. The molecule has 1 aliphatic carbocycles. The first-order chi connectivity index (χ1) is 12.2. The van der Waals surface area contributed by atoms with E-state index in [0.717, 1.165) is 57.8 Å². The molecule has 2 heterocycles. The average Bonchev–Trinajstić information content (AvgIpc) is 3.10. The van der Waals surface area contributed by atoms with Gasteiger partial charge in [0.25, 0.3) is 0 Å². The molecule has 2 fully saturated rings. The summed E-state index contributed by atoms with van der Waals surface area (Å²) in [6.07, 6.45) is 7.32. The van der Waals surface area contributed by atoms with Gasteiger partial charge in [-0.1, -0.05) is 6.92 Å². The molecular weight excluding hydrogens is 320 g/mol. The summed E-state index contributed by atoms with van der Waals surface area (Å²) in [5.41, 5.74) is 0. The first-order valence-electron chi connectivity index (χ1n) is 9.48. The van der Waals surface area contributed by atoms with Crippen LogP contribution in [0.2, 0.25) is 0 Å². The van der Waals surface area contributed by atoms with E-state index in [0.29, 0.717) is 13.0 Å². The quantitative estimate of drug-likeness (QED) is 0.784. The van der Waals surface area contributed by atoms with E-state index in [9.17, 15) is 9.90 Å². The molecule has 7 nitrogen and oxygen atoms in total. The van der Waals surface area contributed by atoms with Gasteiger partial charge in [-0.05, 0) is 19.3 Å². The van der Waals surface area contributed by atoms with Crippen molar-refractivity contribution >= 4 is 5.91 Å². The highest BCUT2D eigenvalue weighted by Crippen LogP contribution is 2.24. The molecule has 1 amide bonds. The summed E-state index contributed by atoms with van der Waals surface area (Å²) in [4.78, 5) is 18.9. The smallest absolute Gasteiger partial charge is 0.222 e. The van der Waals surface area contributed by atoms with Crippen LogP contribution in [0.4, 0.5) is 0 Å². The van der Waals surface area contributed by atoms with Crippen molar-refractivity contribution in [3.05, 3.63) is 18.2 Å². The Balaban J connectivity index is 1.50. The summed E-state index contributed by atoms with van der Waals surface area (Å²) in [5.74, 6) is 1.00. The summed E-state index contributed by atoms with van der Waals surface area (Å²) < 4.78 is 7.42. The van der Waals surface area contributed by atoms with Crippen LogP contribution in [-0.4, -0.2) is 70.0 Å². The van der Waals surface area contributed by atoms with Crippen LogP contribution in [-0.2, 0) is 22.5 Å². The number of hydrogen-bond acceptors (Lipinski definition) is 5. The van der Waals surface area contributed by atoms with Gasteiger partial charge in [0.15, 0.2) is 0 Å². The lowest BCUT2D eigenvalue weighted by atomic mass is 9.86. The number of carbonyl (C=O) groups excluding carboxylic acids is 1. The molecule has 3 rings (SSSR count). The number of aryl methyl sites for hydroxylation is 2. The van der Waals surface area contributed by atoms with Gasteiger partial charge in [-0.25, -0.2) is 4.98 Å². The van der Waals surface area contributed by atoms with Crippen molar-refractivity contribution in [1.29, 1.82) is 0 Å². The van der Waals surface area contributed by atoms with Gasteiger partial charge in [-0.3, -0.25) is 9.69 Å². The predicted octanol–water partition coefficient (Wildman–Crippen LogP) is 0.566. The molecule has 1 aromatic heterocycles. The van der Waals surface area contributed by atoms with Crippen molar-refractivity contribution in [3.8, 4) is 0 Å². The van der Waals surface area contributed by atoms with E-state index in [1.165, 1.54) is 0 Å². The maximum atomic E-state index is 12.3. The Morgan fingerprint density at radius 3 is 2.96 bits per heavy atom. The molecule has 0 spiro atoms. The molecule has 2 aliphatic rings. The zero-order valence-corrected chi connectivity index (χ0v) is 15.1. The number of ether oxygens (including phenoxy) is 1. The van der Waals surface area contributed by atoms with Crippen molar-refractivity contribution in [1.82, 2.24) is 19.8 Å². The summed E-state index contributed by atoms with van der Waals surface area (Å²) in [5, 5.41) is 13.8. The van der Waals surface area contributed by atoms with Crippen molar-refractivity contribution < 1.29 is 14.6 Å². The Morgan fingerprint density at radius 2 is 2.20 bits per heavy atom. The molecule has 2 N–H and O–H groups in total. The van der Waals surface area contributed by atoms with Gasteiger partial charge in [0, 0.05) is 50.9 Å². The average molecular weight is 350 g/mol. The highest BCUT2D eigenvalue weighted by Gasteiger charge is 2.36.